The van der Waals surface area contributed by atoms with Crippen LogP contribution in [0.25, 0.3) is 17.1 Å². The molecular weight excluding hydrogens is 288 g/mol. The molecule has 7 heteroatoms. The van der Waals surface area contributed by atoms with Crippen LogP contribution in [0.15, 0.2) is 41.1 Å². The average molecular weight is 302 g/mol. The van der Waals surface area contributed by atoms with Gasteiger partial charge in [0.2, 0.25) is 0 Å². The maximum absolute atomic E-state index is 11.2. The average Bonchev–Trinajstić information content (AvgIpc) is 3.06. The molecule has 3 rings (SSSR count). The Morgan fingerprint density at radius 2 is 2.05 bits per heavy atom. The Bertz CT molecular complexity index is 779. The Kier molecular flexibility index (Phi) is 3.66. The van der Waals surface area contributed by atoms with Gasteiger partial charge in [-0.1, -0.05) is 23.4 Å². The van der Waals surface area contributed by atoms with Crippen molar-refractivity contribution in [2.75, 3.05) is 6.26 Å². The van der Waals surface area contributed by atoms with Crippen molar-refractivity contribution in [1.82, 2.24) is 19.9 Å². The van der Waals surface area contributed by atoms with Crippen molar-refractivity contribution < 1.29 is 8.73 Å². The highest BCUT2D eigenvalue weighted by atomic mass is 32.2. The molecule has 1 atom stereocenters. The first-order chi connectivity index (χ1) is 10.1. The van der Waals surface area contributed by atoms with Crippen LogP contribution in [0.5, 0.6) is 0 Å². The molecule has 1 aromatic carbocycles. The van der Waals surface area contributed by atoms with Gasteiger partial charge in [-0.15, -0.1) is 0 Å². The molecular formula is C14H14N4O2S. The van der Waals surface area contributed by atoms with E-state index in [9.17, 15) is 4.21 Å². The van der Waals surface area contributed by atoms with Gasteiger partial charge in [0.05, 0.1) is 22.7 Å². The third-order valence-corrected chi connectivity index (χ3v) is 3.62. The summed E-state index contributed by atoms with van der Waals surface area (Å²) in [4.78, 5) is 4.26. The molecule has 3 aromatic rings. The number of nitrogens with zero attached hydrogens (tertiary/aromatic N) is 4. The normalized spacial score (nSPS) is 12.5. The molecule has 2 aromatic heterocycles. The number of rotatable bonds is 4. The Hall–Kier alpha value is -2.28. The van der Waals surface area contributed by atoms with Gasteiger partial charge in [0.15, 0.2) is 5.82 Å². The number of benzene rings is 1. The Balaban J connectivity index is 1.94. The molecule has 0 saturated heterocycles. The van der Waals surface area contributed by atoms with E-state index in [0.717, 1.165) is 16.9 Å². The van der Waals surface area contributed by atoms with Crippen molar-refractivity contribution >= 4 is 10.8 Å². The summed E-state index contributed by atoms with van der Waals surface area (Å²) in [5.41, 5.74) is 2.53. The lowest BCUT2D eigenvalue weighted by Crippen LogP contribution is -1.94. The first-order valence-corrected chi connectivity index (χ1v) is 8.11. The molecule has 0 saturated carbocycles. The van der Waals surface area contributed by atoms with E-state index in [1.54, 1.807) is 10.9 Å². The van der Waals surface area contributed by atoms with Crippen LogP contribution in [0.1, 0.15) is 11.5 Å². The van der Waals surface area contributed by atoms with Crippen molar-refractivity contribution in [2.45, 2.75) is 12.7 Å². The zero-order valence-electron chi connectivity index (χ0n) is 11.7. The highest BCUT2D eigenvalue weighted by molar-refractivity contribution is 7.83. The maximum atomic E-state index is 11.2. The van der Waals surface area contributed by atoms with Crippen LogP contribution in [-0.4, -0.2) is 30.4 Å². The quantitative estimate of drug-likeness (QED) is 0.738. The largest absolute Gasteiger partial charge is 0.334 e. The Morgan fingerprint density at radius 3 is 2.76 bits per heavy atom. The van der Waals surface area contributed by atoms with Gasteiger partial charge in [-0.05, 0) is 19.1 Å². The van der Waals surface area contributed by atoms with Gasteiger partial charge in [-0.25, -0.2) is 4.68 Å². The van der Waals surface area contributed by atoms with E-state index in [4.69, 9.17) is 4.52 Å². The molecule has 6 nitrogen and oxygen atoms in total. The Labute approximate surface area is 124 Å². The lowest BCUT2D eigenvalue weighted by atomic mass is 10.2. The summed E-state index contributed by atoms with van der Waals surface area (Å²) in [5.74, 6) is 1.13. The van der Waals surface area contributed by atoms with Crippen LogP contribution in [0.3, 0.4) is 0 Å². The first-order valence-electron chi connectivity index (χ1n) is 6.38. The van der Waals surface area contributed by atoms with Crippen molar-refractivity contribution in [1.29, 1.82) is 0 Å². The van der Waals surface area contributed by atoms with Crippen LogP contribution in [0.4, 0.5) is 0 Å². The summed E-state index contributed by atoms with van der Waals surface area (Å²) in [6.07, 6.45) is 3.46. The molecule has 21 heavy (non-hydrogen) atoms. The summed E-state index contributed by atoms with van der Waals surface area (Å²) in [5, 5.41) is 8.30. The monoisotopic (exact) mass is 302 g/mol. The van der Waals surface area contributed by atoms with Crippen LogP contribution >= 0.6 is 0 Å². The zero-order valence-corrected chi connectivity index (χ0v) is 12.5. The second kappa shape index (κ2) is 5.61. The van der Waals surface area contributed by atoms with E-state index in [-0.39, 0.29) is 5.75 Å². The molecule has 0 aliphatic heterocycles. The molecule has 0 aliphatic rings. The van der Waals surface area contributed by atoms with Gasteiger partial charge in [0, 0.05) is 23.3 Å². The summed E-state index contributed by atoms with van der Waals surface area (Å²) in [6.45, 7) is 1.89. The van der Waals surface area contributed by atoms with E-state index >= 15 is 0 Å². The molecule has 0 radical (unpaired) electrons. The van der Waals surface area contributed by atoms with Gasteiger partial charge in [0.25, 0.3) is 5.89 Å². The summed E-state index contributed by atoms with van der Waals surface area (Å²) in [6, 6.07) is 9.79. The summed E-state index contributed by atoms with van der Waals surface area (Å²) < 4.78 is 18.2. The van der Waals surface area contributed by atoms with Crippen molar-refractivity contribution in [2.24, 2.45) is 0 Å². The lowest BCUT2D eigenvalue weighted by Gasteiger charge is -1.98. The Morgan fingerprint density at radius 1 is 1.29 bits per heavy atom. The van der Waals surface area contributed by atoms with Crippen LogP contribution in [0.2, 0.25) is 0 Å². The fourth-order valence-electron chi connectivity index (χ4n) is 1.99. The first kappa shape index (κ1) is 13.7. The van der Waals surface area contributed by atoms with Crippen molar-refractivity contribution in [3.63, 3.8) is 0 Å². The number of hydrogen-bond donors (Lipinski definition) is 0. The number of hydrogen-bond acceptors (Lipinski definition) is 5. The van der Waals surface area contributed by atoms with Gasteiger partial charge < -0.3 is 4.52 Å². The standard InChI is InChI=1S/C14H14N4O2S/c1-10-12(14-15-13(17-20-14)9-21(2)19)8-18(16-10)11-6-4-3-5-7-11/h3-8H,9H2,1-2H3/t21-/m1/s1. The molecule has 0 bridgehead atoms. The molecule has 0 amide bonds. The zero-order chi connectivity index (χ0) is 14.8. The van der Waals surface area contributed by atoms with E-state index in [2.05, 4.69) is 15.2 Å². The van der Waals surface area contributed by atoms with E-state index in [1.165, 1.54) is 0 Å². The van der Waals surface area contributed by atoms with Crippen LogP contribution in [0, 0.1) is 6.92 Å². The van der Waals surface area contributed by atoms with Gasteiger partial charge in [0.1, 0.15) is 0 Å². The molecule has 0 aliphatic carbocycles. The minimum absolute atomic E-state index is 0.287. The topological polar surface area (TPSA) is 73.8 Å². The molecule has 0 fully saturated rings. The maximum Gasteiger partial charge on any atom is 0.261 e. The van der Waals surface area contributed by atoms with E-state index in [1.807, 2.05) is 43.5 Å². The molecule has 0 unspecified atom stereocenters. The molecule has 108 valence electrons. The van der Waals surface area contributed by atoms with Gasteiger partial charge in [-0.2, -0.15) is 10.1 Å². The predicted octanol–water partition coefficient (Wildman–Crippen LogP) is 2.11. The molecule has 0 N–H and O–H groups in total. The number of para-hydroxylation sites is 1. The fourth-order valence-corrected chi connectivity index (χ4v) is 2.47. The minimum atomic E-state index is -0.995. The SMILES string of the molecule is Cc1nn(-c2ccccc2)cc1-c1nc(C[S@@](C)=O)no1. The summed E-state index contributed by atoms with van der Waals surface area (Å²) in [7, 11) is -0.995. The second-order valence-electron chi connectivity index (χ2n) is 4.64. The van der Waals surface area contributed by atoms with Gasteiger partial charge >= 0.3 is 0 Å². The molecule has 0 spiro atoms. The van der Waals surface area contributed by atoms with Gasteiger partial charge in [-0.3, -0.25) is 4.21 Å². The van der Waals surface area contributed by atoms with Crippen LogP contribution in [-0.2, 0) is 16.6 Å². The molecule has 2 heterocycles. The van der Waals surface area contributed by atoms with Crippen molar-refractivity contribution in [3.05, 3.63) is 48.0 Å². The second-order valence-corrected chi connectivity index (χ2v) is 6.08. The highest BCUT2D eigenvalue weighted by Gasteiger charge is 2.15. The van der Waals surface area contributed by atoms with Crippen LogP contribution < -0.4 is 0 Å². The number of aromatic nitrogens is 4. The number of aryl methyl sites for hydroxylation is 1. The highest BCUT2D eigenvalue weighted by Crippen LogP contribution is 2.22. The third-order valence-electron chi connectivity index (χ3n) is 2.95. The predicted molar refractivity (Wildman–Crippen MR) is 79.4 cm³/mol. The van der Waals surface area contributed by atoms with E-state index in [0.29, 0.717) is 11.7 Å². The minimum Gasteiger partial charge on any atom is -0.334 e. The van der Waals surface area contributed by atoms with E-state index < -0.39 is 10.8 Å². The fraction of sp³-hybridized carbons (Fsp3) is 0.214. The lowest BCUT2D eigenvalue weighted by molar-refractivity contribution is 0.424. The third kappa shape index (κ3) is 2.92. The van der Waals surface area contributed by atoms with Crippen molar-refractivity contribution in [3.8, 4) is 17.1 Å². The smallest absolute Gasteiger partial charge is 0.261 e. The summed E-state index contributed by atoms with van der Waals surface area (Å²) >= 11 is 0.